The number of pyridine rings is 1. The van der Waals surface area contributed by atoms with Gasteiger partial charge in [-0.1, -0.05) is 30.3 Å². The minimum Gasteiger partial charge on any atom is -0.455 e. The van der Waals surface area contributed by atoms with E-state index in [0.29, 0.717) is 22.7 Å². The summed E-state index contributed by atoms with van der Waals surface area (Å²) in [6.45, 7) is 4.06. The molecule has 3 rings (SSSR count). The fourth-order valence-corrected chi connectivity index (χ4v) is 2.45. The number of hydrogen-bond acceptors (Lipinski definition) is 4. The molecule has 2 aromatic carbocycles. The summed E-state index contributed by atoms with van der Waals surface area (Å²) < 4.78 is 5.88. The summed E-state index contributed by atoms with van der Waals surface area (Å²) in [5, 5.41) is 6.14. The van der Waals surface area contributed by atoms with Crippen LogP contribution in [0.4, 0.5) is 11.4 Å². The van der Waals surface area contributed by atoms with Gasteiger partial charge in [0.25, 0.3) is 5.91 Å². The summed E-state index contributed by atoms with van der Waals surface area (Å²) in [5.74, 6) is 1.05. The Balaban J connectivity index is 1.78. The molecule has 0 aliphatic heterocycles. The van der Waals surface area contributed by atoms with Crippen LogP contribution in [0.1, 0.15) is 24.2 Å². The highest BCUT2D eigenvalue weighted by atomic mass is 16.5. The summed E-state index contributed by atoms with van der Waals surface area (Å²) in [6, 6.07) is 18.8. The molecule has 0 aliphatic carbocycles. The van der Waals surface area contributed by atoms with E-state index in [1.54, 1.807) is 24.5 Å². The lowest BCUT2D eigenvalue weighted by Gasteiger charge is -2.13. The monoisotopic (exact) mass is 347 g/mol. The lowest BCUT2D eigenvalue weighted by atomic mass is 10.2. The number of carbonyl (C=O) groups excluding carboxylic acids is 1. The highest BCUT2D eigenvalue weighted by Gasteiger charge is 2.11. The Hall–Kier alpha value is -3.34. The maximum absolute atomic E-state index is 12.6. The molecular formula is C21H21N3O2. The molecule has 0 bridgehead atoms. The Kier molecular flexibility index (Phi) is 5.49. The average molecular weight is 347 g/mol. The van der Waals surface area contributed by atoms with Crippen LogP contribution in [0.15, 0.2) is 73.1 Å². The highest BCUT2D eigenvalue weighted by molar-refractivity contribution is 6.05. The quantitative estimate of drug-likeness (QED) is 0.662. The number of benzene rings is 2. The molecule has 0 radical (unpaired) electrons. The van der Waals surface area contributed by atoms with Crippen LogP contribution < -0.4 is 15.4 Å². The molecular weight excluding hydrogens is 326 g/mol. The summed E-state index contributed by atoms with van der Waals surface area (Å²) in [6.07, 6.45) is 3.24. The van der Waals surface area contributed by atoms with Crippen molar-refractivity contribution in [1.29, 1.82) is 0 Å². The molecule has 3 aromatic rings. The van der Waals surface area contributed by atoms with Crippen LogP contribution in [0.3, 0.4) is 0 Å². The first-order valence-corrected chi connectivity index (χ1v) is 8.46. The van der Waals surface area contributed by atoms with Gasteiger partial charge >= 0.3 is 0 Å². The van der Waals surface area contributed by atoms with E-state index in [1.165, 1.54) is 0 Å². The maximum Gasteiger partial charge on any atom is 0.257 e. The minimum absolute atomic E-state index is 0.242. The Labute approximate surface area is 153 Å². The lowest BCUT2D eigenvalue weighted by Crippen LogP contribution is -2.15. The fraction of sp³-hybridized carbons (Fsp3) is 0.143. The zero-order chi connectivity index (χ0) is 18.4. The zero-order valence-corrected chi connectivity index (χ0v) is 14.8. The van der Waals surface area contributed by atoms with E-state index in [9.17, 15) is 4.79 Å². The van der Waals surface area contributed by atoms with Gasteiger partial charge in [-0.2, -0.15) is 0 Å². The van der Waals surface area contributed by atoms with Crippen LogP contribution in [0.2, 0.25) is 0 Å². The van der Waals surface area contributed by atoms with Crippen molar-refractivity contribution in [2.75, 3.05) is 10.6 Å². The molecule has 1 heterocycles. The van der Waals surface area contributed by atoms with Gasteiger partial charge in [-0.3, -0.25) is 9.78 Å². The lowest BCUT2D eigenvalue weighted by molar-refractivity contribution is 0.102. The van der Waals surface area contributed by atoms with Crippen LogP contribution in [0.5, 0.6) is 11.5 Å². The van der Waals surface area contributed by atoms with E-state index in [1.807, 2.05) is 62.4 Å². The highest BCUT2D eigenvalue weighted by Crippen LogP contribution is 2.29. The SMILES string of the molecule is CC(C)Nc1cncc(C(=O)Nc2ccccc2Oc2ccccc2)c1. The maximum atomic E-state index is 12.6. The van der Waals surface area contributed by atoms with Crippen LogP contribution in [0.25, 0.3) is 0 Å². The number of hydrogen-bond donors (Lipinski definition) is 2. The first-order valence-electron chi connectivity index (χ1n) is 8.46. The van der Waals surface area contributed by atoms with E-state index in [2.05, 4.69) is 15.6 Å². The average Bonchev–Trinajstić information content (AvgIpc) is 2.64. The predicted octanol–water partition coefficient (Wildman–Crippen LogP) is 4.95. The Bertz CT molecular complexity index is 879. The number of nitrogens with zero attached hydrogens (tertiary/aromatic N) is 1. The van der Waals surface area contributed by atoms with Gasteiger partial charge in [-0.25, -0.2) is 0 Å². The summed E-state index contributed by atoms with van der Waals surface area (Å²) in [4.78, 5) is 16.8. The number of aromatic nitrogens is 1. The summed E-state index contributed by atoms with van der Waals surface area (Å²) in [7, 11) is 0. The Morgan fingerprint density at radius 3 is 2.50 bits per heavy atom. The molecule has 0 saturated carbocycles. The molecule has 1 aromatic heterocycles. The van der Waals surface area contributed by atoms with E-state index >= 15 is 0 Å². The summed E-state index contributed by atoms with van der Waals surface area (Å²) in [5.41, 5.74) is 1.88. The molecule has 2 N–H and O–H groups in total. The van der Waals surface area contributed by atoms with Gasteiger partial charge in [-0.15, -0.1) is 0 Å². The van der Waals surface area contributed by atoms with Gasteiger partial charge in [0.2, 0.25) is 0 Å². The molecule has 5 nitrogen and oxygen atoms in total. The van der Waals surface area contributed by atoms with Crippen molar-refractivity contribution < 1.29 is 9.53 Å². The van der Waals surface area contributed by atoms with E-state index < -0.39 is 0 Å². The van der Waals surface area contributed by atoms with Crippen molar-refractivity contribution >= 4 is 17.3 Å². The van der Waals surface area contributed by atoms with E-state index in [-0.39, 0.29) is 11.9 Å². The molecule has 1 amide bonds. The van der Waals surface area contributed by atoms with Crippen molar-refractivity contribution in [2.45, 2.75) is 19.9 Å². The van der Waals surface area contributed by atoms with E-state index in [0.717, 1.165) is 5.69 Å². The standard InChI is InChI=1S/C21H21N3O2/c1-15(2)23-17-12-16(13-22-14-17)21(25)24-19-10-6-7-11-20(19)26-18-8-4-3-5-9-18/h3-15,23H,1-2H3,(H,24,25). The largest absolute Gasteiger partial charge is 0.455 e. The second kappa shape index (κ2) is 8.16. The summed E-state index contributed by atoms with van der Waals surface area (Å²) >= 11 is 0. The molecule has 0 saturated heterocycles. The second-order valence-electron chi connectivity index (χ2n) is 6.13. The van der Waals surface area contributed by atoms with Gasteiger partial charge < -0.3 is 15.4 Å². The fourth-order valence-electron chi connectivity index (χ4n) is 2.45. The van der Waals surface area contributed by atoms with Crippen LogP contribution in [-0.4, -0.2) is 16.9 Å². The number of nitrogens with one attached hydrogen (secondary N) is 2. The first-order chi connectivity index (χ1) is 12.6. The third-order valence-electron chi connectivity index (χ3n) is 3.56. The number of ether oxygens (including phenoxy) is 1. The van der Waals surface area contributed by atoms with Gasteiger partial charge in [0.05, 0.1) is 16.9 Å². The zero-order valence-electron chi connectivity index (χ0n) is 14.8. The number of carbonyl (C=O) groups is 1. The van der Waals surface area contributed by atoms with Crippen LogP contribution >= 0.6 is 0 Å². The number of anilines is 2. The van der Waals surface area contributed by atoms with Crippen LogP contribution in [-0.2, 0) is 0 Å². The second-order valence-corrected chi connectivity index (χ2v) is 6.13. The number of para-hydroxylation sites is 3. The number of rotatable bonds is 6. The molecule has 0 fully saturated rings. The topological polar surface area (TPSA) is 63.2 Å². The van der Waals surface area contributed by atoms with Gasteiger partial charge in [-0.05, 0) is 44.2 Å². The van der Waals surface area contributed by atoms with Crippen LogP contribution in [0, 0.1) is 0 Å². The third kappa shape index (κ3) is 4.60. The Morgan fingerprint density at radius 2 is 1.73 bits per heavy atom. The van der Waals surface area contributed by atoms with Crippen molar-refractivity contribution in [3.8, 4) is 11.5 Å². The van der Waals surface area contributed by atoms with Gasteiger partial charge in [0.15, 0.2) is 5.75 Å². The van der Waals surface area contributed by atoms with E-state index in [4.69, 9.17) is 4.74 Å². The molecule has 0 atom stereocenters. The van der Waals surface area contributed by atoms with Crippen molar-refractivity contribution in [3.05, 3.63) is 78.6 Å². The van der Waals surface area contributed by atoms with Crippen molar-refractivity contribution in [1.82, 2.24) is 4.98 Å². The van der Waals surface area contributed by atoms with Crippen molar-refractivity contribution in [2.24, 2.45) is 0 Å². The smallest absolute Gasteiger partial charge is 0.257 e. The molecule has 0 aliphatic rings. The minimum atomic E-state index is -0.242. The predicted molar refractivity (Wildman–Crippen MR) is 104 cm³/mol. The molecule has 5 heteroatoms. The third-order valence-corrected chi connectivity index (χ3v) is 3.56. The molecule has 0 spiro atoms. The normalized spacial score (nSPS) is 10.4. The molecule has 26 heavy (non-hydrogen) atoms. The molecule has 0 unspecified atom stereocenters. The van der Waals surface area contributed by atoms with Crippen molar-refractivity contribution in [3.63, 3.8) is 0 Å². The number of amides is 1. The Morgan fingerprint density at radius 1 is 1.00 bits per heavy atom. The van der Waals surface area contributed by atoms with Gasteiger partial charge in [0.1, 0.15) is 5.75 Å². The molecule has 132 valence electrons. The first kappa shape index (κ1) is 17.5. The van der Waals surface area contributed by atoms with Gasteiger partial charge in [0, 0.05) is 18.4 Å².